The van der Waals surface area contributed by atoms with Crippen molar-refractivity contribution in [1.29, 1.82) is 0 Å². The zero-order valence-electron chi connectivity index (χ0n) is 10.3. The van der Waals surface area contributed by atoms with Crippen molar-refractivity contribution in [2.75, 3.05) is 7.05 Å². The molecule has 1 aromatic rings. The molecule has 0 aromatic carbocycles. The number of rotatable bonds is 5. The Balaban J connectivity index is 2.77. The molecule has 3 N–H and O–H groups in total. The Bertz CT molecular complexity index is 374. The number of amides is 1. The Kier molecular flexibility index (Phi) is 3.70. The van der Waals surface area contributed by atoms with Crippen molar-refractivity contribution in [3.05, 3.63) is 18.0 Å². The summed E-state index contributed by atoms with van der Waals surface area (Å²) >= 11 is 0. The summed E-state index contributed by atoms with van der Waals surface area (Å²) in [4.78, 5) is 11.4. The normalized spacial score (nSPS) is 16.8. The lowest BCUT2D eigenvalue weighted by Crippen LogP contribution is -2.52. The number of aryl methyl sites for hydroxylation is 1. The summed E-state index contributed by atoms with van der Waals surface area (Å²) in [5, 5.41) is 7.20. The van der Waals surface area contributed by atoms with Gasteiger partial charge in [-0.15, -0.1) is 0 Å². The third-order valence-corrected chi connectivity index (χ3v) is 2.98. The van der Waals surface area contributed by atoms with Crippen LogP contribution in [0.3, 0.4) is 0 Å². The molecule has 16 heavy (non-hydrogen) atoms. The second kappa shape index (κ2) is 4.65. The van der Waals surface area contributed by atoms with Gasteiger partial charge in [0.2, 0.25) is 5.91 Å². The predicted molar refractivity (Wildman–Crippen MR) is 63.0 cm³/mol. The highest BCUT2D eigenvalue weighted by Gasteiger charge is 2.31. The number of carbonyl (C=O) groups excluding carboxylic acids is 1. The van der Waals surface area contributed by atoms with E-state index >= 15 is 0 Å². The van der Waals surface area contributed by atoms with E-state index in [9.17, 15) is 4.79 Å². The van der Waals surface area contributed by atoms with Gasteiger partial charge in [0.1, 0.15) is 0 Å². The van der Waals surface area contributed by atoms with Gasteiger partial charge in [0.25, 0.3) is 0 Å². The Morgan fingerprint density at radius 1 is 1.75 bits per heavy atom. The van der Waals surface area contributed by atoms with Crippen LogP contribution in [0.2, 0.25) is 0 Å². The number of aromatic nitrogens is 2. The zero-order valence-corrected chi connectivity index (χ0v) is 10.3. The topological polar surface area (TPSA) is 72.9 Å². The molecule has 0 aliphatic rings. The predicted octanol–water partition coefficient (Wildman–Crippen LogP) is 0.606. The van der Waals surface area contributed by atoms with E-state index in [4.69, 9.17) is 5.73 Å². The van der Waals surface area contributed by atoms with Crippen LogP contribution in [0.4, 0.5) is 0 Å². The van der Waals surface area contributed by atoms with Crippen molar-refractivity contribution < 1.29 is 4.79 Å². The van der Waals surface area contributed by atoms with E-state index in [0.29, 0.717) is 6.42 Å². The number of primary amides is 1. The average Bonchev–Trinajstić information content (AvgIpc) is 2.64. The molecule has 1 rings (SSSR count). The summed E-state index contributed by atoms with van der Waals surface area (Å²) in [7, 11) is 1.74. The maximum atomic E-state index is 11.4. The lowest BCUT2D eigenvalue weighted by atomic mass is 9.93. The molecule has 0 fully saturated rings. The molecule has 0 spiro atoms. The van der Waals surface area contributed by atoms with Gasteiger partial charge in [-0.25, -0.2) is 0 Å². The van der Waals surface area contributed by atoms with Crippen molar-refractivity contribution in [2.24, 2.45) is 5.73 Å². The van der Waals surface area contributed by atoms with Crippen LogP contribution in [-0.2, 0) is 4.79 Å². The van der Waals surface area contributed by atoms with Crippen LogP contribution in [0.15, 0.2) is 12.4 Å². The first-order valence-corrected chi connectivity index (χ1v) is 5.38. The number of hydrogen-bond acceptors (Lipinski definition) is 3. The fraction of sp³-hybridized carbons (Fsp3) is 0.636. The molecule has 5 heteroatoms. The first-order valence-electron chi connectivity index (χ1n) is 5.38. The average molecular weight is 224 g/mol. The van der Waals surface area contributed by atoms with Gasteiger partial charge >= 0.3 is 0 Å². The number of hydrogen-bond donors (Lipinski definition) is 2. The third-order valence-electron chi connectivity index (χ3n) is 2.98. The van der Waals surface area contributed by atoms with Gasteiger partial charge in [0.05, 0.1) is 17.8 Å². The highest BCUT2D eigenvalue weighted by Crippen LogP contribution is 2.20. The zero-order chi connectivity index (χ0) is 12.3. The Morgan fingerprint density at radius 2 is 2.38 bits per heavy atom. The second-order valence-electron chi connectivity index (χ2n) is 4.50. The molecule has 0 saturated heterocycles. The quantitative estimate of drug-likeness (QED) is 0.769. The lowest BCUT2D eigenvalue weighted by Gasteiger charge is -2.28. The molecule has 0 saturated carbocycles. The fourth-order valence-corrected chi connectivity index (χ4v) is 1.68. The molecule has 0 radical (unpaired) electrons. The van der Waals surface area contributed by atoms with Crippen LogP contribution < -0.4 is 11.1 Å². The molecule has 1 amide bonds. The number of likely N-dealkylation sites (N-methyl/N-ethyl adjacent to an activating group) is 1. The van der Waals surface area contributed by atoms with Gasteiger partial charge in [-0.2, -0.15) is 5.10 Å². The van der Waals surface area contributed by atoms with Gasteiger partial charge in [0.15, 0.2) is 0 Å². The number of nitrogens with zero attached hydrogens (tertiary/aromatic N) is 2. The van der Waals surface area contributed by atoms with E-state index in [1.807, 2.05) is 31.6 Å². The van der Waals surface area contributed by atoms with Crippen molar-refractivity contribution >= 4 is 5.91 Å². The third kappa shape index (κ3) is 2.61. The summed E-state index contributed by atoms with van der Waals surface area (Å²) in [6.45, 7) is 5.81. The minimum Gasteiger partial charge on any atom is -0.368 e. The number of nitrogens with one attached hydrogen (secondary N) is 1. The molecule has 0 bridgehead atoms. The van der Waals surface area contributed by atoms with E-state index in [1.54, 1.807) is 13.2 Å². The van der Waals surface area contributed by atoms with E-state index in [2.05, 4.69) is 10.4 Å². The van der Waals surface area contributed by atoms with Crippen LogP contribution in [0.25, 0.3) is 0 Å². The molecule has 1 aromatic heterocycles. The number of carbonyl (C=O) groups is 1. The summed E-state index contributed by atoms with van der Waals surface area (Å²) in [6.07, 6.45) is 4.37. The minimum absolute atomic E-state index is 0.124. The molecule has 0 aliphatic heterocycles. The van der Waals surface area contributed by atoms with E-state index < -0.39 is 5.54 Å². The smallest absolute Gasteiger partial charge is 0.237 e. The van der Waals surface area contributed by atoms with Gasteiger partial charge < -0.3 is 11.1 Å². The first kappa shape index (κ1) is 12.7. The summed E-state index contributed by atoms with van der Waals surface area (Å²) in [6, 6.07) is 0.124. The van der Waals surface area contributed by atoms with Crippen LogP contribution in [-0.4, -0.2) is 28.3 Å². The lowest BCUT2D eigenvalue weighted by molar-refractivity contribution is -0.124. The molecule has 5 nitrogen and oxygen atoms in total. The number of nitrogens with two attached hydrogens (primary N) is 1. The van der Waals surface area contributed by atoms with E-state index in [1.165, 1.54) is 0 Å². The second-order valence-corrected chi connectivity index (χ2v) is 4.50. The Hall–Kier alpha value is -1.36. The van der Waals surface area contributed by atoms with E-state index in [0.717, 1.165) is 5.56 Å². The van der Waals surface area contributed by atoms with Gasteiger partial charge in [0, 0.05) is 6.20 Å². The maximum Gasteiger partial charge on any atom is 0.237 e. The standard InChI is InChI=1S/C11H20N4O/c1-8-6-14-15(7-8)9(2)5-11(3,13-4)10(12)16/h6-7,9,13H,5H2,1-4H3,(H2,12,16). The van der Waals surface area contributed by atoms with Crippen molar-refractivity contribution in [2.45, 2.75) is 38.8 Å². The molecule has 0 aliphatic carbocycles. The molecule has 2 atom stereocenters. The van der Waals surface area contributed by atoms with Gasteiger partial charge in [-0.1, -0.05) is 0 Å². The first-order chi connectivity index (χ1) is 7.39. The van der Waals surface area contributed by atoms with Crippen LogP contribution in [0.5, 0.6) is 0 Å². The van der Waals surface area contributed by atoms with Crippen molar-refractivity contribution in [1.82, 2.24) is 15.1 Å². The van der Waals surface area contributed by atoms with Crippen LogP contribution in [0.1, 0.15) is 31.9 Å². The van der Waals surface area contributed by atoms with Crippen molar-refractivity contribution in [3.8, 4) is 0 Å². The molecular formula is C11H20N4O. The minimum atomic E-state index is -0.695. The summed E-state index contributed by atoms with van der Waals surface area (Å²) in [5.41, 5.74) is 5.80. The van der Waals surface area contributed by atoms with Gasteiger partial charge in [-0.05, 0) is 39.8 Å². The Morgan fingerprint density at radius 3 is 2.75 bits per heavy atom. The van der Waals surface area contributed by atoms with Crippen LogP contribution in [0, 0.1) is 6.92 Å². The Labute approximate surface area is 96.0 Å². The maximum absolute atomic E-state index is 11.4. The monoisotopic (exact) mass is 224 g/mol. The SMILES string of the molecule is CNC(C)(CC(C)n1cc(C)cn1)C(N)=O. The molecule has 2 unspecified atom stereocenters. The van der Waals surface area contributed by atoms with Crippen LogP contribution >= 0.6 is 0 Å². The summed E-state index contributed by atoms with van der Waals surface area (Å²) in [5.74, 6) is -0.342. The van der Waals surface area contributed by atoms with Gasteiger partial charge in [-0.3, -0.25) is 9.48 Å². The molecule has 1 heterocycles. The fourth-order valence-electron chi connectivity index (χ4n) is 1.68. The van der Waals surface area contributed by atoms with Crippen molar-refractivity contribution in [3.63, 3.8) is 0 Å². The summed E-state index contributed by atoms with van der Waals surface area (Å²) < 4.78 is 1.86. The molecule has 90 valence electrons. The highest BCUT2D eigenvalue weighted by atomic mass is 16.1. The van der Waals surface area contributed by atoms with E-state index in [-0.39, 0.29) is 11.9 Å². The largest absolute Gasteiger partial charge is 0.368 e. The highest BCUT2D eigenvalue weighted by molar-refractivity contribution is 5.84. The molecular weight excluding hydrogens is 204 g/mol.